The summed E-state index contributed by atoms with van der Waals surface area (Å²) in [7, 11) is -7.56. The number of piperidine rings is 1. The molecule has 0 aromatic heterocycles. The molecule has 7 nitrogen and oxygen atoms in total. The maximum atomic E-state index is 14.4. The van der Waals surface area contributed by atoms with E-state index in [0.29, 0.717) is 41.5 Å². The molecule has 3 saturated carbocycles. The molecule has 2 aromatic carbocycles. The number of aryl methyl sites for hydroxylation is 2. The predicted molar refractivity (Wildman–Crippen MR) is 194 cm³/mol. The zero-order chi connectivity index (χ0) is 35.4. The summed E-state index contributed by atoms with van der Waals surface area (Å²) in [5, 5.41) is 0. The van der Waals surface area contributed by atoms with Crippen LogP contribution in [0.1, 0.15) is 96.6 Å². The highest BCUT2D eigenvalue weighted by molar-refractivity contribution is 7.89. The lowest BCUT2D eigenvalue weighted by atomic mass is 9.47. The lowest BCUT2D eigenvalue weighted by Gasteiger charge is -2.59. The Bertz CT molecular complexity index is 1890. The van der Waals surface area contributed by atoms with Crippen LogP contribution in [0.3, 0.4) is 0 Å². The molecule has 2 saturated heterocycles. The Hall–Kier alpha value is -2.04. The average Bonchev–Trinajstić information content (AvgIpc) is 3.52. The largest absolute Gasteiger partial charge is 0.356 e. The standard InChI is InChI=1S/C41H55NO6S2/c1-26-7-12-32(13-8-26)49(43,44)42-25-28(3)17-22-41(42)29(4)38-37(47-41)24-36-34-16-11-30-23-31(48-50(45,46)33-14-9-27(2)10-15-33)18-20-39(30,5)35(34)19-21-40(36,38)6/h7-15,28-29,31,34-38H,16-25H2,1-6H3/t28?,29?,31?,34?,35?,36?,37?,38?,39-,40-,41?/m0/s1. The van der Waals surface area contributed by atoms with Gasteiger partial charge in [0.25, 0.3) is 10.1 Å². The van der Waals surface area contributed by atoms with Gasteiger partial charge in [-0.05, 0) is 136 Å². The first-order valence-electron chi connectivity index (χ1n) is 19.1. The monoisotopic (exact) mass is 721 g/mol. The number of hydrogen-bond acceptors (Lipinski definition) is 6. The number of sulfonamides is 1. The third-order valence-corrected chi connectivity index (χ3v) is 18.1. The van der Waals surface area contributed by atoms with E-state index in [1.54, 1.807) is 28.6 Å². The van der Waals surface area contributed by atoms with Crippen molar-refractivity contribution in [1.29, 1.82) is 0 Å². The van der Waals surface area contributed by atoms with Gasteiger partial charge in [0.05, 0.1) is 22.0 Å². The van der Waals surface area contributed by atoms with Gasteiger partial charge in [0.1, 0.15) is 5.72 Å². The Balaban J connectivity index is 1.03. The zero-order valence-corrected chi connectivity index (χ0v) is 32.2. The number of fused-ring (bicyclic) bond motifs is 7. The molecule has 272 valence electrons. The van der Waals surface area contributed by atoms with Crippen molar-refractivity contribution in [1.82, 2.24) is 4.31 Å². The third-order valence-electron chi connectivity index (χ3n) is 14.8. The van der Waals surface area contributed by atoms with E-state index in [9.17, 15) is 16.8 Å². The zero-order valence-electron chi connectivity index (χ0n) is 30.6. The molecule has 11 atom stereocenters. The van der Waals surface area contributed by atoms with Crippen molar-refractivity contribution >= 4 is 20.1 Å². The van der Waals surface area contributed by atoms with Crippen LogP contribution in [0.25, 0.3) is 0 Å². The normalized spacial score (nSPS) is 41.6. The van der Waals surface area contributed by atoms with Crippen LogP contribution in [-0.4, -0.2) is 45.6 Å². The molecule has 0 bridgehead atoms. The van der Waals surface area contributed by atoms with E-state index in [-0.39, 0.29) is 39.8 Å². The molecule has 0 radical (unpaired) electrons. The first kappa shape index (κ1) is 35.0. The van der Waals surface area contributed by atoms with Crippen molar-refractivity contribution in [2.24, 2.45) is 46.3 Å². The van der Waals surface area contributed by atoms with Gasteiger partial charge in [0.2, 0.25) is 10.0 Å². The SMILES string of the molecule is Cc1ccc(S(=O)(=O)OC2CC[C@@]3(C)C(=CCC4C5CC6OC7(CCC(C)CN7S(=O)(=O)c7ccc(C)cc7)C(C)C6[C@@]5(C)CCC43)C2)cc1. The van der Waals surface area contributed by atoms with Crippen LogP contribution in [0.5, 0.6) is 0 Å². The van der Waals surface area contributed by atoms with Gasteiger partial charge in [-0.2, -0.15) is 12.7 Å². The summed E-state index contributed by atoms with van der Waals surface area (Å²) in [6, 6.07) is 14.2. The minimum absolute atomic E-state index is 0.0432. The van der Waals surface area contributed by atoms with Crippen LogP contribution in [0, 0.1) is 60.2 Å². The molecule has 2 aliphatic heterocycles. The summed E-state index contributed by atoms with van der Waals surface area (Å²) in [5.41, 5.74) is 2.77. The summed E-state index contributed by atoms with van der Waals surface area (Å²) in [4.78, 5) is 0.587. The van der Waals surface area contributed by atoms with E-state index in [4.69, 9.17) is 8.92 Å². The first-order valence-corrected chi connectivity index (χ1v) is 21.9. The highest BCUT2D eigenvalue weighted by Gasteiger charge is 2.70. The molecular weight excluding hydrogens is 667 g/mol. The topological polar surface area (TPSA) is 90.0 Å². The van der Waals surface area contributed by atoms with Gasteiger partial charge in [-0.15, -0.1) is 0 Å². The van der Waals surface area contributed by atoms with E-state index in [1.807, 2.05) is 38.1 Å². The molecular formula is C41H55NO6S2. The van der Waals surface area contributed by atoms with Gasteiger partial charge in [-0.3, -0.25) is 4.18 Å². The number of hydrogen-bond donors (Lipinski definition) is 0. The summed E-state index contributed by atoms with van der Waals surface area (Å²) in [6.07, 6.45) is 10.5. The van der Waals surface area contributed by atoms with Crippen LogP contribution in [0.4, 0.5) is 0 Å². The maximum Gasteiger partial charge on any atom is 0.297 e. The molecule has 1 spiro atoms. The van der Waals surface area contributed by atoms with Gasteiger partial charge in [0.15, 0.2) is 0 Å². The second-order valence-corrected chi connectivity index (χ2v) is 21.0. The molecule has 5 fully saturated rings. The molecule has 0 amide bonds. The second kappa shape index (κ2) is 12.0. The smallest absolute Gasteiger partial charge is 0.297 e. The fraction of sp³-hybridized carbons (Fsp3) is 0.659. The van der Waals surface area contributed by atoms with Gasteiger partial charge in [-0.25, -0.2) is 8.42 Å². The minimum Gasteiger partial charge on any atom is -0.356 e. The molecule has 2 heterocycles. The predicted octanol–water partition coefficient (Wildman–Crippen LogP) is 8.42. The molecule has 6 aliphatic rings. The molecule has 9 heteroatoms. The molecule has 9 unspecified atom stereocenters. The summed E-state index contributed by atoms with van der Waals surface area (Å²) < 4.78 is 70.0. The molecule has 4 aliphatic carbocycles. The van der Waals surface area contributed by atoms with Gasteiger partial charge < -0.3 is 4.74 Å². The molecule has 2 aromatic rings. The van der Waals surface area contributed by atoms with Gasteiger partial charge >= 0.3 is 0 Å². The van der Waals surface area contributed by atoms with Crippen LogP contribution in [0.15, 0.2) is 70.0 Å². The van der Waals surface area contributed by atoms with Crippen LogP contribution < -0.4 is 0 Å². The van der Waals surface area contributed by atoms with E-state index in [2.05, 4.69) is 33.8 Å². The average molecular weight is 722 g/mol. The van der Waals surface area contributed by atoms with Crippen molar-refractivity contribution in [2.45, 2.75) is 127 Å². The number of rotatable bonds is 5. The van der Waals surface area contributed by atoms with Crippen LogP contribution >= 0.6 is 0 Å². The highest BCUT2D eigenvalue weighted by Crippen LogP contribution is 2.71. The van der Waals surface area contributed by atoms with Crippen molar-refractivity contribution in [3.63, 3.8) is 0 Å². The van der Waals surface area contributed by atoms with Gasteiger partial charge in [0, 0.05) is 12.5 Å². The van der Waals surface area contributed by atoms with E-state index >= 15 is 0 Å². The number of ether oxygens (including phenoxy) is 1. The van der Waals surface area contributed by atoms with Crippen molar-refractivity contribution in [2.75, 3.05) is 6.54 Å². The molecule has 8 rings (SSSR count). The van der Waals surface area contributed by atoms with Crippen LogP contribution in [-0.2, 0) is 29.1 Å². The molecule has 50 heavy (non-hydrogen) atoms. The Labute approximate surface area is 300 Å². The highest BCUT2D eigenvalue weighted by atomic mass is 32.2. The third kappa shape index (κ3) is 5.26. The van der Waals surface area contributed by atoms with E-state index in [1.165, 1.54) is 5.57 Å². The number of benzene rings is 2. The Morgan fingerprint density at radius 3 is 2.16 bits per heavy atom. The van der Waals surface area contributed by atoms with Crippen LogP contribution in [0.2, 0.25) is 0 Å². The summed E-state index contributed by atoms with van der Waals surface area (Å²) in [6.45, 7) is 13.8. The quantitative estimate of drug-likeness (QED) is 0.228. The summed E-state index contributed by atoms with van der Waals surface area (Å²) in [5.74, 6) is 2.31. The fourth-order valence-corrected chi connectivity index (χ4v) is 15.2. The lowest BCUT2D eigenvalue weighted by Crippen LogP contribution is -2.60. The Kier molecular flexibility index (Phi) is 8.40. The van der Waals surface area contributed by atoms with Crippen molar-refractivity contribution < 1.29 is 25.8 Å². The van der Waals surface area contributed by atoms with Gasteiger partial charge in [-0.1, -0.05) is 74.7 Å². The molecule has 0 N–H and O–H groups in total. The summed E-state index contributed by atoms with van der Waals surface area (Å²) >= 11 is 0. The Morgan fingerprint density at radius 2 is 1.48 bits per heavy atom. The fourth-order valence-electron chi connectivity index (χ4n) is 12.2. The number of allylic oxidation sites excluding steroid dienone is 1. The Morgan fingerprint density at radius 1 is 0.820 bits per heavy atom. The van der Waals surface area contributed by atoms with E-state index < -0.39 is 25.9 Å². The number of nitrogens with zero attached hydrogens (tertiary/aromatic N) is 1. The minimum atomic E-state index is -3.82. The maximum absolute atomic E-state index is 14.4. The van der Waals surface area contributed by atoms with Crippen molar-refractivity contribution in [3.8, 4) is 0 Å². The lowest BCUT2D eigenvalue weighted by molar-refractivity contribution is -0.161. The van der Waals surface area contributed by atoms with Crippen molar-refractivity contribution in [3.05, 3.63) is 71.3 Å². The van der Waals surface area contributed by atoms with E-state index in [0.717, 1.165) is 62.5 Å². The second-order valence-electron chi connectivity index (χ2n) is 17.6. The first-order chi connectivity index (χ1) is 23.6.